The average molecular weight is 445 g/mol. The Kier molecular flexibility index (Phi) is 6.37. The van der Waals surface area contributed by atoms with Crippen molar-refractivity contribution >= 4 is 17.5 Å². The van der Waals surface area contributed by atoms with Gasteiger partial charge in [-0.2, -0.15) is 0 Å². The van der Waals surface area contributed by atoms with Gasteiger partial charge in [-0.1, -0.05) is 29.5 Å². The molecule has 7 heteroatoms. The summed E-state index contributed by atoms with van der Waals surface area (Å²) in [6.45, 7) is 6.01. The molecular weight excluding hydrogens is 420 g/mol. The van der Waals surface area contributed by atoms with Crippen molar-refractivity contribution in [2.75, 3.05) is 12.9 Å². The van der Waals surface area contributed by atoms with E-state index in [1.54, 1.807) is 19.5 Å². The second-order valence-corrected chi connectivity index (χ2v) is 8.50. The molecule has 2 heterocycles. The first kappa shape index (κ1) is 21.8. The van der Waals surface area contributed by atoms with Crippen LogP contribution in [0.4, 0.5) is 0 Å². The summed E-state index contributed by atoms with van der Waals surface area (Å²) in [5.41, 5.74) is 5.73. The van der Waals surface area contributed by atoms with Gasteiger partial charge in [-0.3, -0.25) is 14.3 Å². The van der Waals surface area contributed by atoms with Gasteiger partial charge in [-0.05, 0) is 68.3 Å². The number of hydrogen-bond acceptors (Lipinski definition) is 6. The number of aryl methyl sites for hydroxylation is 3. The largest absolute Gasteiger partial charge is 0.497 e. The molecule has 6 nitrogen and oxygen atoms in total. The van der Waals surface area contributed by atoms with Gasteiger partial charge in [0, 0.05) is 29.2 Å². The standard InChI is InChI=1S/C25H24N4O2S/c1-16-13-17(2)23(18(3)14-16)22(30)15-32-25-28-27-24(19-9-11-26-12-10-19)29(25)20-5-7-21(31-4)8-6-20/h5-14H,15H2,1-4H3. The number of ether oxygens (including phenoxy) is 1. The normalized spacial score (nSPS) is 10.9. The molecule has 0 N–H and O–H groups in total. The molecule has 2 aromatic carbocycles. The lowest BCUT2D eigenvalue weighted by molar-refractivity contribution is 0.102. The van der Waals surface area contributed by atoms with Gasteiger partial charge in [0.15, 0.2) is 16.8 Å². The lowest BCUT2D eigenvalue weighted by atomic mass is 9.97. The molecule has 0 saturated heterocycles. The second kappa shape index (κ2) is 9.36. The lowest BCUT2D eigenvalue weighted by Crippen LogP contribution is -2.09. The lowest BCUT2D eigenvalue weighted by Gasteiger charge is -2.12. The van der Waals surface area contributed by atoms with Crippen molar-refractivity contribution in [3.63, 3.8) is 0 Å². The minimum absolute atomic E-state index is 0.0831. The third kappa shape index (κ3) is 4.43. The number of carbonyl (C=O) groups is 1. The maximum Gasteiger partial charge on any atom is 0.196 e. The van der Waals surface area contributed by atoms with Gasteiger partial charge in [0.05, 0.1) is 12.9 Å². The Morgan fingerprint density at radius 3 is 2.25 bits per heavy atom. The van der Waals surface area contributed by atoms with Crippen LogP contribution in [-0.2, 0) is 0 Å². The molecule has 0 aliphatic rings. The van der Waals surface area contributed by atoms with Gasteiger partial charge in [0.25, 0.3) is 0 Å². The van der Waals surface area contributed by atoms with E-state index >= 15 is 0 Å². The van der Waals surface area contributed by atoms with Crippen LogP contribution in [0, 0.1) is 20.8 Å². The van der Waals surface area contributed by atoms with E-state index in [1.165, 1.54) is 11.8 Å². The number of pyridine rings is 1. The number of Topliss-reactive ketones (excluding diaryl/α,β-unsaturated/α-hetero) is 1. The highest BCUT2D eigenvalue weighted by atomic mass is 32.2. The second-order valence-electron chi connectivity index (χ2n) is 7.56. The predicted molar refractivity (Wildman–Crippen MR) is 127 cm³/mol. The minimum atomic E-state index is 0.0831. The van der Waals surface area contributed by atoms with E-state index in [9.17, 15) is 4.79 Å². The number of ketones is 1. The number of aromatic nitrogens is 4. The monoisotopic (exact) mass is 444 g/mol. The predicted octanol–water partition coefficient (Wildman–Crippen LogP) is 5.24. The van der Waals surface area contributed by atoms with Crippen molar-refractivity contribution in [2.24, 2.45) is 0 Å². The van der Waals surface area contributed by atoms with Crippen molar-refractivity contribution < 1.29 is 9.53 Å². The Labute approximate surface area is 191 Å². The molecular formula is C25H24N4O2S. The third-order valence-electron chi connectivity index (χ3n) is 5.19. The number of hydrogen-bond donors (Lipinski definition) is 0. The first-order valence-corrected chi connectivity index (χ1v) is 11.2. The Balaban J connectivity index is 1.68. The van der Waals surface area contributed by atoms with E-state index in [-0.39, 0.29) is 11.5 Å². The summed E-state index contributed by atoms with van der Waals surface area (Å²) in [6, 6.07) is 15.6. The summed E-state index contributed by atoms with van der Waals surface area (Å²) in [7, 11) is 1.64. The summed E-state index contributed by atoms with van der Waals surface area (Å²) in [5.74, 6) is 1.81. The number of benzene rings is 2. The first-order valence-electron chi connectivity index (χ1n) is 10.2. The first-order chi connectivity index (χ1) is 15.5. The van der Waals surface area contributed by atoms with E-state index in [1.807, 2.05) is 73.9 Å². The van der Waals surface area contributed by atoms with Gasteiger partial charge in [0.2, 0.25) is 0 Å². The van der Waals surface area contributed by atoms with Crippen LogP contribution in [0.25, 0.3) is 17.1 Å². The van der Waals surface area contributed by atoms with Crippen molar-refractivity contribution in [1.29, 1.82) is 0 Å². The Morgan fingerprint density at radius 2 is 1.62 bits per heavy atom. The van der Waals surface area contributed by atoms with E-state index < -0.39 is 0 Å². The van der Waals surface area contributed by atoms with Crippen molar-refractivity contribution in [3.05, 3.63) is 83.2 Å². The maximum absolute atomic E-state index is 13.1. The number of rotatable bonds is 7. The van der Waals surface area contributed by atoms with E-state index in [4.69, 9.17) is 4.74 Å². The summed E-state index contributed by atoms with van der Waals surface area (Å²) in [5, 5.41) is 9.48. The third-order valence-corrected chi connectivity index (χ3v) is 6.12. The Morgan fingerprint density at radius 1 is 0.969 bits per heavy atom. The fraction of sp³-hybridized carbons (Fsp3) is 0.200. The van der Waals surface area contributed by atoms with Gasteiger partial charge in [0.1, 0.15) is 5.75 Å². The van der Waals surface area contributed by atoms with E-state index in [2.05, 4.69) is 15.2 Å². The van der Waals surface area contributed by atoms with E-state index in [0.717, 1.165) is 39.3 Å². The van der Waals surface area contributed by atoms with Crippen molar-refractivity contribution in [2.45, 2.75) is 25.9 Å². The highest BCUT2D eigenvalue weighted by Gasteiger charge is 2.19. The van der Waals surface area contributed by atoms with Crippen LogP contribution in [0.5, 0.6) is 5.75 Å². The summed E-state index contributed by atoms with van der Waals surface area (Å²) in [4.78, 5) is 17.2. The van der Waals surface area contributed by atoms with Crippen molar-refractivity contribution in [3.8, 4) is 22.8 Å². The number of carbonyl (C=O) groups excluding carboxylic acids is 1. The average Bonchev–Trinajstić information content (AvgIpc) is 3.21. The molecule has 0 fully saturated rings. The highest BCUT2D eigenvalue weighted by Crippen LogP contribution is 2.29. The molecule has 162 valence electrons. The zero-order valence-electron chi connectivity index (χ0n) is 18.5. The zero-order chi connectivity index (χ0) is 22.7. The molecule has 0 saturated carbocycles. The fourth-order valence-corrected chi connectivity index (χ4v) is 4.66. The Bertz CT molecular complexity index is 1230. The smallest absolute Gasteiger partial charge is 0.196 e. The summed E-state index contributed by atoms with van der Waals surface area (Å²) >= 11 is 1.38. The van der Waals surface area contributed by atoms with Gasteiger partial charge < -0.3 is 4.74 Å². The molecule has 2 aromatic heterocycles. The van der Waals surface area contributed by atoms with Crippen LogP contribution in [0.3, 0.4) is 0 Å². The molecule has 4 rings (SSSR count). The summed E-state index contributed by atoms with van der Waals surface area (Å²) in [6.07, 6.45) is 3.45. The van der Waals surface area contributed by atoms with Crippen LogP contribution < -0.4 is 4.74 Å². The molecule has 0 aliphatic carbocycles. The number of nitrogens with zero attached hydrogens (tertiary/aromatic N) is 4. The van der Waals surface area contributed by atoms with Gasteiger partial charge in [-0.15, -0.1) is 10.2 Å². The van der Waals surface area contributed by atoms with Crippen LogP contribution in [0.1, 0.15) is 27.0 Å². The molecule has 0 amide bonds. The highest BCUT2D eigenvalue weighted by molar-refractivity contribution is 7.99. The van der Waals surface area contributed by atoms with Crippen LogP contribution >= 0.6 is 11.8 Å². The number of thioether (sulfide) groups is 1. The zero-order valence-corrected chi connectivity index (χ0v) is 19.3. The molecule has 0 radical (unpaired) electrons. The Hall–Kier alpha value is -3.45. The van der Waals surface area contributed by atoms with Crippen LogP contribution in [0.15, 0.2) is 66.1 Å². The van der Waals surface area contributed by atoms with Crippen LogP contribution in [0.2, 0.25) is 0 Å². The quantitative estimate of drug-likeness (QED) is 0.287. The van der Waals surface area contributed by atoms with Gasteiger partial charge >= 0.3 is 0 Å². The van der Waals surface area contributed by atoms with Crippen LogP contribution in [-0.4, -0.2) is 38.4 Å². The number of methoxy groups -OCH3 is 1. The molecule has 4 aromatic rings. The topological polar surface area (TPSA) is 69.9 Å². The summed E-state index contributed by atoms with van der Waals surface area (Å²) < 4.78 is 7.25. The SMILES string of the molecule is COc1ccc(-n2c(SCC(=O)c3c(C)cc(C)cc3C)nnc2-c2ccncc2)cc1. The fourth-order valence-electron chi connectivity index (χ4n) is 3.84. The minimum Gasteiger partial charge on any atom is -0.497 e. The van der Waals surface area contributed by atoms with Gasteiger partial charge in [-0.25, -0.2) is 0 Å². The molecule has 0 bridgehead atoms. The van der Waals surface area contributed by atoms with Crippen molar-refractivity contribution in [1.82, 2.24) is 19.7 Å². The molecule has 0 unspecified atom stereocenters. The molecule has 32 heavy (non-hydrogen) atoms. The molecule has 0 spiro atoms. The molecule has 0 atom stereocenters. The molecule has 0 aliphatic heterocycles. The van der Waals surface area contributed by atoms with E-state index in [0.29, 0.717) is 11.0 Å². The maximum atomic E-state index is 13.1.